The summed E-state index contributed by atoms with van der Waals surface area (Å²) in [6.45, 7) is 1.14. The van der Waals surface area contributed by atoms with E-state index in [1.54, 1.807) is 0 Å². The molecule has 0 saturated carbocycles. The SMILES string of the molecule is CC(=O)N[C@@H](CSC(=O)c1ccc(C(F)(F)F)cc1)C(=O)O. The number of alkyl halides is 3. The number of rotatable bonds is 5. The highest BCUT2D eigenvalue weighted by molar-refractivity contribution is 8.14. The Kier molecular flexibility index (Phi) is 5.98. The lowest BCUT2D eigenvalue weighted by Crippen LogP contribution is -2.41. The van der Waals surface area contributed by atoms with E-state index in [1.165, 1.54) is 0 Å². The van der Waals surface area contributed by atoms with E-state index in [0.717, 1.165) is 31.2 Å². The van der Waals surface area contributed by atoms with Gasteiger partial charge in [0.2, 0.25) is 11.0 Å². The van der Waals surface area contributed by atoms with Crippen LogP contribution in [0.15, 0.2) is 24.3 Å². The van der Waals surface area contributed by atoms with Crippen molar-refractivity contribution >= 4 is 28.8 Å². The average molecular weight is 335 g/mol. The number of hydrogen-bond acceptors (Lipinski definition) is 4. The van der Waals surface area contributed by atoms with Crippen LogP contribution in [0.3, 0.4) is 0 Å². The maximum atomic E-state index is 12.4. The van der Waals surface area contributed by atoms with Crippen molar-refractivity contribution in [2.45, 2.75) is 19.1 Å². The molecule has 0 heterocycles. The third-order valence-corrected chi connectivity index (χ3v) is 3.50. The highest BCUT2D eigenvalue weighted by Crippen LogP contribution is 2.29. The van der Waals surface area contributed by atoms with E-state index in [0.29, 0.717) is 11.8 Å². The van der Waals surface area contributed by atoms with Crippen molar-refractivity contribution in [3.63, 3.8) is 0 Å². The summed E-state index contributed by atoms with van der Waals surface area (Å²) in [6.07, 6.45) is -4.49. The third-order valence-electron chi connectivity index (χ3n) is 2.50. The van der Waals surface area contributed by atoms with Crippen LogP contribution in [0.1, 0.15) is 22.8 Å². The summed E-state index contributed by atoms with van der Waals surface area (Å²) in [4.78, 5) is 33.5. The molecule has 0 fully saturated rings. The third kappa shape index (κ3) is 5.40. The van der Waals surface area contributed by atoms with Gasteiger partial charge in [-0.1, -0.05) is 11.8 Å². The van der Waals surface area contributed by atoms with Crippen molar-refractivity contribution in [1.29, 1.82) is 0 Å². The molecule has 1 aromatic carbocycles. The Balaban J connectivity index is 2.68. The number of hydrogen-bond donors (Lipinski definition) is 2. The van der Waals surface area contributed by atoms with Crippen molar-refractivity contribution in [2.75, 3.05) is 5.75 Å². The molecule has 0 aliphatic carbocycles. The van der Waals surface area contributed by atoms with Gasteiger partial charge >= 0.3 is 12.1 Å². The van der Waals surface area contributed by atoms with Crippen molar-refractivity contribution in [3.05, 3.63) is 35.4 Å². The molecule has 0 aliphatic rings. The molecule has 0 aliphatic heterocycles. The van der Waals surface area contributed by atoms with Gasteiger partial charge in [0.1, 0.15) is 6.04 Å². The maximum Gasteiger partial charge on any atom is 0.416 e. The van der Waals surface area contributed by atoms with Gasteiger partial charge in [0.05, 0.1) is 5.56 Å². The normalized spacial score (nSPS) is 12.5. The molecule has 9 heteroatoms. The quantitative estimate of drug-likeness (QED) is 0.862. The molecule has 0 unspecified atom stereocenters. The van der Waals surface area contributed by atoms with Gasteiger partial charge in [-0.2, -0.15) is 13.2 Å². The molecule has 1 amide bonds. The van der Waals surface area contributed by atoms with Crippen molar-refractivity contribution in [1.82, 2.24) is 5.32 Å². The van der Waals surface area contributed by atoms with Crippen LogP contribution >= 0.6 is 11.8 Å². The van der Waals surface area contributed by atoms with Crippen LogP contribution in [0.5, 0.6) is 0 Å². The molecule has 1 atom stereocenters. The number of halogens is 3. The largest absolute Gasteiger partial charge is 0.480 e. The molecule has 22 heavy (non-hydrogen) atoms. The van der Waals surface area contributed by atoms with Crippen LogP contribution in [0.2, 0.25) is 0 Å². The van der Waals surface area contributed by atoms with Crippen LogP contribution in [-0.4, -0.2) is 33.9 Å². The Morgan fingerprint density at radius 2 is 1.77 bits per heavy atom. The first-order valence-corrected chi connectivity index (χ1v) is 6.94. The number of carbonyl (C=O) groups is 3. The summed E-state index contributed by atoms with van der Waals surface area (Å²) in [5.74, 6) is -2.09. The summed E-state index contributed by atoms with van der Waals surface area (Å²) >= 11 is 0.606. The average Bonchev–Trinajstić information content (AvgIpc) is 2.41. The zero-order valence-corrected chi connectivity index (χ0v) is 12.1. The maximum absolute atomic E-state index is 12.4. The Bertz CT molecular complexity index is 572. The first kappa shape index (κ1) is 18.0. The fourth-order valence-electron chi connectivity index (χ4n) is 1.46. The predicted molar refractivity (Wildman–Crippen MR) is 73.5 cm³/mol. The number of carboxylic acids is 1. The van der Waals surface area contributed by atoms with Crippen LogP contribution in [0, 0.1) is 0 Å². The second-order valence-corrected chi connectivity index (χ2v) is 5.26. The number of thioether (sulfide) groups is 1. The highest BCUT2D eigenvalue weighted by atomic mass is 32.2. The Morgan fingerprint density at radius 1 is 1.23 bits per heavy atom. The highest BCUT2D eigenvalue weighted by Gasteiger charge is 2.30. The number of carboxylic acid groups (broad SMARTS) is 1. The van der Waals surface area contributed by atoms with E-state index in [2.05, 4.69) is 5.32 Å². The number of nitrogens with one attached hydrogen (secondary N) is 1. The topological polar surface area (TPSA) is 83.5 Å². The molecular formula is C13H12F3NO4S. The van der Waals surface area contributed by atoms with Crippen LogP contribution in [0.25, 0.3) is 0 Å². The van der Waals surface area contributed by atoms with Gasteiger partial charge in [-0.3, -0.25) is 9.59 Å². The van der Waals surface area contributed by atoms with E-state index < -0.39 is 34.8 Å². The van der Waals surface area contributed by atoms with Crippen molar-refractivity contribution < 1.29 is 32.7 Å². The zero-order chi connectivity index (χ0) is 16.9. The minimum Gasteiger partial charge on any atom is -0.480 e. The number of benzene rings is 1. The van der Waals surface area contributed by atoms with Crippen LogP contribution in [-0.2, 0) is 15.8 Å². The van der Waals surface area contributed by atoms with Gasteiger partial charge in [-0.05, 0) is 24.3 Å². The molecular weight excluding hydrogens is 323 g/mol. The minimum atomic E-state index is -4.49. The molecule has 0 bridgehead atoms. The monoisotopic (exact) mass is 335 g/mol. The van der Waals surface area contributed by atoms with Crippen LogP contribution < -0.4 is 5.32 Å². The lowest BCUT2D eigenvalue weighted by atomic mass is 10.1. The van der Waals surface area contributed by atoms with E-state index in [9.17, 15) is 27.6 Å². The van der Waals surface area contributed by atoms with E-state index in [4.69, 9.17) is 5.11 Å². The molecule has 1 aromatic rings. The van der Waals surface area contributed by atoms with Crippen LogP contribution in [0.4, 0.5) is 13.2 Å². The smallest absolute Gasteiger partial charge is 0.416 e. The van der Waals surface area contributed by atoms with Gasteiger partial charge in [0.15, 0.2) is 0 Å². The Labute approximate surface area is 127 Å². The standard InChI is InChI=1S/C13H12F3NO4S/c1-7(18)17-10(11(19)20)6-22-12(21)8-2-4-9(5-3-8)13(14,15)16/h2-5,10H,6H2,1H3,(H,17,18)(H,19,20)/t10-/m0/s1. The van der Waals surface area contributed by atoms with E-state index >= 15 is 0 Å². The number of amides is 1. The summed E-state index contributed by atoms with van der Waals surface area (Å²) in [5.41, 5.74) is -0.860. The number of carbonyl (C=O) groups excluding carboxylic acids is 2. The predicted octanol–water partition coefficient (Wildman–Crippen LogP) is 2.17. The number of aliphatic carboxylic acids is 1. The molecule has 0 aromatic heterocycles. The second kappa shape index (κ2) is 7.30. The molecule has 0 radical (unpaired) electrons. The van der Waals surface area contributed by atoms with Gasteiger partial charge in [-0.15, -0.1) is 0 Å². The van der Waals surface area contributed by atoms with Gasteiger partial charge in [0, 0.05) is 18.2 Å². The van der Waals surface area contributed by atoms with Gasteiger partial charge in [-0.25, -0.2) is 4.79 Å². The summed E-state index contributed by atoms with van der Waals surface area (Å²) in [6, 6.07) is 2.34. The molecule has 5 nitrogen and oxygen atoms in total. The van der Waals surface area contributed by atoms with Gasteiger partial charge < -0.3 is 10.4 Å². The molecule has 0 saturated heterocycles. The first-order valence-electron chi connectivity index (χ1n) is 5.95. The first-order chi connectivity index (χ1) is 10.1. The van der Waals surface area contributed by atoms with E-state index in [1.807, 2.05) is 0 Å². The van der Waals surface area contributed by atoms with Crippen molar-refractivity contribution in [2.24, 2.45) is 0 Å². The molecule has 1 rings (SSSR count). The zero-order valence-electron chi connectivity index (χ0n) is 11.3. The van der Waals surface area contributed by atoms with Crippen molar-refractivity contribution in [3.8, 4) is 0 Å². The fourth-order valence-corrected chi connectivity index (χ4v) is 2.30. The molecule has 2 N–H and O–H groups in total. The minimum absolute atomic E-state index is 0.0185. The summed E-state index contributed by atoms with van der Waals surface area (Å²) in [5, 5.41) is 10.4. The molecule has 120 valence electrons. The summed E-state index contributed by atoms with van der Waals surface area (Å²) < 4.78 is 37.2. The Morgan fingerprint density at radius 3 is 2.18 bits per heavy atom. The molecule has 0 spiro atoms. The van der Waals surface area contributed by atoms with E-state index in [-0.39, 0.29) is 11.3 Å². The summed E-state index contributed by atoms with van der Waals surface area (Å²) in [7, 11) is 0. The fraction of sp³-hybridized carbons (Fsp3) is 0.308. The lowest BCUT2D eigenvalue weighted by Gasteiger charge is -2.12. The van der Waals surface area contributed by atoms with Gasteiger partial charge in [0.25, 0.3) is 0 Å². The Hall–Kier alpha value is -2.03. The second-order valence-electron chi connectivity index (χ2n) is 4.26. The lowest BCUT2D eigenvalue weighted by molar-refractivity contribution is -0.140.